The molecule has 378 valence electrons. The highest BCUT2D eigenvalue weighted by Crippen LogP contribution is 2.36. The third-order valence-corrected chi connectivity index (χ3v) is 12.8. The maximum atomic E-state index is 9.81. The van der Waals surface area contributed by atoms with E-state index in [1.165, 1.54) is 0 Å². The number of nitriles is 2. The summed E-state index contributed by atoms with van der Waals surface area (Å²) in [7, 11) is 0. The second kappa shape index (κ2) is 25.2. The van der Waals surface area contributed by atoms with Crippen LogP contribution in [0.2, 0.25) is 0 Å². The Balaban J connectivity index is 0.000000173. The SMILES string of the molecule is ClCCl.N#Cc1cc(-c2c[nH]c3ncc(-c4cnn(CCO)c4)cc23)ccc1OC1CCOCC1.N#Cc1cc(-c2c[nH]c3ncc(-c4cnn(CCOC5CCCCO5)c4)cc23)ccc1OC1CCOCC1. The van der Waals surface area contributed by atoms with Gasteiger partial charge in [-0.05, 0) is 66.8 Å². The largest absolute Gasteiger partial charge is 0.489 e. The highest BCUT2D eigenvalue weighted by atomic mass is 35.5. The lowest BCUT2D eigenvalue weighted by atomic mass is 10.0. The lowest BCUT2D eigenvalue weighted by molar-refractivity contribution is -0.163. The number of hydrogen-bond donors (Lipinski definition) is 3. The molecule has 0 spiro atoms. The summed E-state index contributed by atoms with van der Waals surface area (Å²) >= 11 is 9.53. The number of benzene rings is 2. The molecule has 73 heavy (non-hydrogen) atoms. The van der Waals surface area contributed by atoms with Crippen molar-refractivity contribution in [2.45, 2.75) is 76.5 Å². The molecule has 0 aliphatic carbocycles. The first-order chi connectivity index (χ1) is 35.9. The van der Waals surface area contributed by atoms with E-state index < -0.39 is 0 Å². The van der Waals surface area contributed by atoms with Crippen molar-refractivity contribution in [3.8, 4) is 68.1 Å². The first kappa shape index (κ1) is 51.1. The third-order valence-electron chi connectivity index (χ3n) is 12.8. The molecule has 19 heteroatoms. The van der Waals surface area contributed by atoms with E-state index in [-0.39, 0.29) is 30.4 Å². The summed E-state index contributed by atoms with van der Waals surface area (Å²) in [5.74, 6) is 1.23. The first-order valence-corrected chi connectivity index (χ1v) is 25.5. The second-order valence-electron chi connectivity index (χ2n) is 17.6. The smallest absolute Gasteiger partial charge is 0.157 e. The van der Waals surface area contributed by atoms with Gasteiger partial charge in [0.25, 0.3) is 0 Å². The molecule has 3 N–H and O–H groups in total. The zero-order valence-corrected chi connectivity index (χ0v) is 41.7. The minimum Gasteiger partial charge on any atom is -0.489 e. The topological polar surface area (TPSA) is 216 Å². The molecule has 1 atom stereocenters. The number of nitrogens with one attached hydrogen (secondary N) is 2. The van der Waals surface area contributed by atoms with Crippen molar-refractivity contribution in [2.24, 2.45) is 0 Å². The molecule has 0 amide bonds. The molecule has 0 radical (unpaired) electrons. The van der Waals surface area contributed by atoms with Gasteiger partial charge < -0.3 is 43.5 Å². The summed E-state index contributed by atoms with van der Waals surface area (Å²) in [4.78, 5) is 15.7. The summed E-state index contributed by atoms with van der Waals surface area (Å²) in [5.41, 5.74) is 10.2. The molecule has 0 saturated carbocycles. The fourth-order valence-corrected chi connectivity index (χ4v) is 9.01. The Labute approximate surface area is 432 Å². The van der Waals surface area contributed by atoms with Gasteiger partial charge in [0, 0.05) is 114 Å². The van der Waals surface area contributed by atoms with Gasteiger partial charge in [-0.1, -0.05) is 12.1 Å². The number of pyridine rings is 2. The Hall–Kier alpha value is -6.80. The van der Waals surface area contributed by atoms with Gasteiger partial charge in [-0.2, -0.15) is 20.7 Å². The van der Waals surface area contributed by atoms with Crippen molar-refractivity contribution in [2.75, 3.05) is 51.6 Å². The Kier molecular flexibility index (Phi) is 17.7. The van der Waals surface area contributed by atoms with Crippen LogP contribution in [0, 0.1) is 22.7 Å². The van der Waals surface area contributed by atoms with Crippen LogP contribution in [0.15, 0.2) is 98.1 Å². The van der Waals surface area contributed by atoms with Gasteiger partial charge in [0.15, 0.2) is 6.29 Å². The minimum atomic E-state index is -0.0959. The Bertz CT molecular complexity index is 3160. The van der Waals surface area contributed by atoms with Crippen molar-refractivity contribution in [1.82, 2.24) is 39.5 Å². The van der Waals surface area contributed by atoms with Crippen molar-refractivity contribution in [3.05, 3.63) is 109 Å². The molecule has 11 rings (SSSR count). The predicted octanol–water partition coefficient (Wildman–Crippen LogP) is 10.0. The van der Waals surface area contributed by atoms with Gasteiger partial charge in [-0.3, -0.25) is 9.36 Å². The van der Waals surface area contributed by atoms with Crippen LogP contribution < -0.4 is 9.47 Å². The molecule has 17 nitrogen and oxygen atoms in total. The van der Waals surface area contributed by atoms with Crippen LogP contribution in [-0.4, -0.2) is 115 Å². The zero-order valence-electron chi connectivity index (χ0n) is 40.2. The van der Waals surface area contributed by atoms with Crippen LogP contribution in [0.1, 0.15) is 56.1 Å². The first-order valence-electron chi connectivity index (χ1n) is 24.5. The van der Waals surface area contributed by atoms with Crippen LogP contribution >= 0.6 is 23.2 Å². The number of H-pyrrole nitrogens is 2. The minimum absolute atomic E-state index is 0.0375. The molecular formula is C54H56Cl2N10O7. The average molecular weight is 1030 g/mol. The molecule has 1 unspecified atom stereocenters. The number of aliphatic hydroxyl groups is 1. The van der Waals surface area contributed by atoms with Crippen molar-refractivity contribution in [1.29, 1.82) is 10.5 Å². The number of aliphatic hydroxyl groups excluding tert-OH is 1. The number of aromatic amines is 2. The van der Waals surface area contributed by atoms with E-state index in [9.17, 15) is 10.5 Å². The van der Waals surface area contributed by atoms with Crippen LogP contribution in [0.4, 0.5) is 0 Å². The van der Waals surface area contributed by atoms with Crippen LogP contribution in [0.5, 0.6) is 11.5 Å². The van der Waals surface area contributed by atoms with E-state index in [1.54, 1.807) is 17.1 Å². The summed E-state index contributed by atoms with van der Waals surface area (Å²) in [6.45, 7) is 5.24. The summed E-state index contributed by atoms with van der Waals surface area (Å²) < 4.78 is 38.1. The van der Waals surface area contributed by atoms with Crippen molar-refractivity contribution < 1.29 is 33.5 Å². The molecule has 0 bridgehead atoms. The average Bonchev–Trinajstić information content (AvgIpc) is 4.28. The zero-order chi connectivity index (χ0) is 50.4. The fraction of sp³-hybridized carbons (Fsp3) is 0.370. The number of rotatable bonds is 14. The Morgan fingerprint density at radius 2 is 1.14 bits per heavy atom. The Morgan fingerprint density at radius 3 is 1.60 bits per heavy atom. The third kappa shape index (κ3) is 12.9. The van der Waals surface area contributed by atoms with E-state index >= 15 is 0 Å². The van der Waals surface area contributed by atoms with Crippen LogP contribution in [0.3, 0.4) is 0 Å². The summed E-state index contributed by atoms with van der Waals surface area (Å²) in [6, 6.07) is 20.2. The molecule has 3 aliphatic rings. The van der Waals surface area contributed by atoms with E-state index in [1.807, 2.05) is 78.3 Å². The van der Waals surface area contributed by atoms with Gasteiger partial charge >= 0.3 is 0 Å². The van der Waals surface area contributed by atoms with Gasteiger partial charge in [0.05, 0.1) is 81.6 Å². The molecule has 2 aromatic carbocycles. The molecule has 3 fully saturated rings. The van der Waals surface area contributed by atoms with Crippen LogP contribution in [0.25, 0.3) is 66.6 Å². The number of ether oxygens (including phenoxy) is 6. The number of aromatic nitrogens is 8. The molecule has 8 aromatic rings. The van der Waals surface area contributed by atoms with E-state index in [4.69, 9.17) is 56.7 Å². The standard InChI is InChI=1S/C29H31N5O4.C24H23N5O3.CH2Cl2/c30-15-21-13-20(4-5-27(21)38-24-6-10-35-11-7-24)26-18-32-29-25(26)14-22(16-31-29)23-17-33-34(19-23)8-12-37-28-3-1-2-9-36-28;25-11-17-9-16(1-2-23(17)32-20-3-7-31-8-4-20)22-14-27-24-21(22)10-18(12-26-24)19-13-28-29(15-19)5-6-30;2-1-3/h4-5,13-14,16-19,24,28H,1-3,6-12H2,(H,31,32);1-2,9-10,12-15,20,30H,3-8H2,(H,26,27);1H2. The summed E-state index contributed by atoms with van der Waals surface area (Å²) in [5, 5.41) is 39.6. The second-order valence-corrected chi connectivity index (χ2v) is 18.4. The number of nitrogens with zero attached hydrogens (tertiary/aromatic N) is 8. The van der Waals surface area contributed by atoms with Gasteiger partial charge in [-0.25, -0.2) is 9.97 Å². The molecule has 3 aliphatic heterocycles. The van der Waals surface area contributed by atoms with Gasteiger partial charge in [0.1, 0.15) is 47.1 Å². The molecule has 9 heterocycles. The van der Waals surface area contributed by atoms with Gasteiger partial charge in [0.2, 0.25) is 0 Å². The maximum absolute atomic E-state index is 9.81. The van der Waals surface area contributed by atoms with Crippen molar-refractivity contribution in [3.63, 3.8) is 0 Å². The van der Waals surface area contributed by atoms with Crippen LogP contribution in [-0.2, 0) is 32.0 Å². The molecular weight excluding hydrogens is 972 g/mol. The fourth-order valence-electron chi connectivity index (χ4n) is 9.01. The van der Waals surface area contributed by atoms with E-state index in [2.05, 4.69) is 54.4 Å². The predicted molar refractivity (Wildman–Crippen MR) is 277 cm³/mol. The summed E-state index contributed by atoms with van der Waals surface area (Å²) in [6.07, 6.45) is 21.6. The Morgan fingerprint density at radius 1 is 0.630 bits per heavy atom. The number of alkyl halides is 2. The number of fused-ring (bicyclic) bond motifs is 2. The highest BCUT2D eigenvalue weighted by molar-refractivity contribution is 6.40. The monoisotopic (exact) mass is 1030 g/mol. The normalized spacial score (nSPS) is 16.2. The van der Waals surface area contributed by atoms with Crippen molar-refractivity contribution >= 4 is 45.3 Å². The van der Waals surface area contributed by atoms with E-state index in [0.29, 0.717) is 68.7 Å². The molecule has 3 saturated heterocycles. The van der Waals surface area contributed by atoms with E-state index in [0.717, 1.165) is 118 Å². The molecule has 6 aromatic heterocycles. The highest BCUT2D eigenvalue weighted by Gasteiger charge is 2.21. The quantitative estimate of drug-likeness (QED) is 0.0866. The number of hydrogen-bond acceptors (Lipinski definition) is 13. The number of halogens is 2. The lowest BCUT2D eigenvalue weighted by Gasteiger charge is -2.23. The van der Waals surface area contributed by atoms with Gasteiger partial charge in [-0.15, -0.1) is 23.2 Å². The maximum Gasteiger partial charge on any atom is 0.157 e. The lowest BCUT2D eigenvalue weighted by Crippen LogP contribution is -2.26.